The molecule has 0 unspecified atom stereocenters. The minimum absolute atomic E-state index is 0.602. The molecule has 1 saturated heterocycles. The van der Waals surface area contributed by atoms with E-state index in [9.17, 15) is 0 Å². The van der Waals surface area contributed by atoms with Gasteiger partial charge in [0.1, 0.15) is 5.65 Å². The Kier molecular flexibility index (Phi) is 4.84. The van der Waals surface area contributed by atoms with Crippen molar-refractivity contribution in [3.8, 4) is 0 Å². The topological polar surface area (TPSA) is 55.2 Å². The number of hydrogen-bond donors (Lipinski definition) is 1. The second-order valence-electron chi connectivity index (χ2n) is 7.17. The van der Waals surface area contributed by atoms with E-state index in [1.54, 1.807) is 0 Å². The van der Waals surface area contributed by atoms with Crippen LogP contribution in [0.3, 0.4) is 0 Å². The zero-order valence-corrected chi connectivity index (χ0v) is 16.2. The molecule has 1 aliphatic rings. The number of morpholine rings is 1. The second kappa shape index (κ2) is 7.93. The zero-order valence-electron chi connectivity index (χ0n) is 16.2. The Balaban J connectivity index is 1.34. The summed E-state index contributed by atoms with van der Waals surface area (Å²) in [5, 5.41) is 4.36. The monoisotopic (exact) mass is 385 g/mol. The van der Waals surface area contributed by atoms with Gasteiger partial charge in [-0.1, -0.05) is 30.3 Å². The molecule has 0 spiro atoms. The van der Waals surface area contributed by atoms with E-state index in [1.807, 2.05) is 12.3 Å². The number of nitrogens with zero attached hydrogens (tertiary/aromatic N) is 4. The molecule has 1 N–H and O–H groups in total. The highest BCUT2D eigenvalue weighted by molar-refractivity contribution is 5.77. The first-order valence-corrected chi connectivity index (χ1v) is 9.91. The number of anilines is 3. The van der Waals surface area contributed by atoms with Gasteiger partial charge in [0.25, 0.3) is 0 Å². The first kappa shape index (κ1) is 17.7. The van der Waals surface area contributed by atoms with Gasteiger partial charge in [0.15, 0.2) is 0 Å². The Bertz CT molecular complexity index is 1090. The van der Waals surface area contributed by atoms with E-state index < -0.39 is 0 Å². The predicted molar refractivity (Wildman–Crippen MR) is 116 cm³/mol. The van der Waals surface area contributed by atoms with Gasteiger partial charge in [-0.2, -0.15) is 4.98 Å². The lowest BCUT2D eigenvalue weighted by molar-refractivity contribution is 0.122. The van der Waals surface area contributed by atoms with Gasteiger partial charge in [0, 0.05) is 48.8 Å². The number of nitrogens with one attached hydrogen (secondary N) is 1. The molecule has 0 bridgehead atoms. The van der Waals surface area contributed by atoms with Crippen LogP contribution in [0.15, 0.2) is 73.1 Å². The smallest absolute Gasteiger partial charge is 0.229 e. The summed E-state index contributed by atoms with van der Waals surface area (Å²) in [7, 11) is 0. The molecule has 0 aliphatic carbocycles. The minimum atomic E-state index is 0.602. The molecular formula is C23H23N5O. The average Bonchev–Trinajstić information content (AvgIpc) is 3.18. The fraction of sp³-hybridized carbons (Fsp3) is 0.217. The van der Waals surface area contributed by atoms with Crippen LogP contribution in [0.5, 0.6) is 0 Å². The third-order valence-electron chi connectivity index (χ3n) is 5.20. The molecule has 146 valence electrons. The third-order valence-corrected chi connectivity index (χ3v) is 5.20. The maximum atomic E-state index is 5.43. The maximum Gasteiger partial charge on any atom is 0.229 e. The average molecular weight is 385 g/mol. The molecule has 4 aromatic rings. The summed E-state index contributed by atoms with van der Waals surface area (Å²) in [4.78, 5) is 11.6. The van der Waals surface area contributed by atoms with Crippen LogP contribution in [0.1, 0.15) is 5.56 Å². The largest absolute Gasteiger partial charge is 0.378 e. The van der Waals surface area contributed by atoms with Crippen molar-refractivity contribution in [2.75, 3.05) is 36.5 Å². The first-order valence-electron chi connectivity index (χ1n) is 9.91. The molecule has 0 saturated carbocycles. The Morgan fingerprint density at radius 1 is 0.931 bits per heavy atom. The Morgan fingerprint density at radius 3 is 2.52 bits per heavy atom. The third kappa shape index (κ3) is 3.93. The van der Waals surface area contributed by atoms with E-state index in [0.717, 1.165) is 49.6 Å². The molecule has 2 aromatic heterocycles. The molecule has 29 heavy (non-hydrogen) atoms. The first-order chi connectivity index (χ1) is 14.3. The Labute approximate surface area is 169 Å². The molecule has 3 heterocycles. The van der Waals surface area contributed by atoms with Gasteiger partial charge in [-0.25, -0.2) is 4.98 Å². The number of benzene rings is 2. The van der Waals surface area contributed by atoms with E-state index >= 15 is 0 Å². The highest BCUT2D eigenvalue weighted by Crippen LogP contribution is 2.22. The second-order valence-corrected chi connectivity index (χ2v) is 7.17. The molecule has 1 fully saturated rings. The molecule has 6 heteroatoms. The summed E-state index contributed by atoms with van der Waals surface area (Å²) < 4.78 is 7.58. The lowest BCUT2D eigenvalue weighted by atomic mass is 10.2. The van der Waals surface area contributed by atoms with E-state index in [1.165, 1.54) is 11.3 Å². The quantitative estimate of drug-likeness (QED) is 0.561. The maximum absolute atomic E-state index is 5.43. The lowest BCUT2D eigenvalue weighted by Gasteiger charge is -2.28. The fourth-order valence-electron chi connectivity index (χ4n) is 3.64. The van der Waals surface area contributed by atoms with Crippen molar-refractivity contribution in [2.24, 2.45) is 0 Å². The van der Waals surface area contributed by atoms with E-state index in [4.69, 9.17) is 9.72 Å². The van der Waals surface area contributed by atoms with Crippen LogP contribution in [-0.4, -0.2) is 40.8 Å². The zero-order chi connectivity index (χ0) is 19.5. The standard InChI is InChI=1S/C23H23N5O/c1-2-4-18(5-3-1)17-28-11-10-19-16-24-23(26-22(19)28)25-20-6-8-21(9-7-20)27-12-14-29-15-13-27/h1-11,16H,12-15,17H2,(H,24,25,26). The summed E-state index contributed by atoms with van der Waals surface area (Å²) in [5.74, 6) is 0.602. The number of hydrogen-bond acceptors (Lipinski definition) is 5. The van der Waals surface area contributed by atoms with Gasteiger partial charge in [0.2, 0.25) is 5.95 Å². The molecule has 6 nitrogen and oxygen atoms in total. The van der Waals surface area contributed by atoms with Crippen molar-refractivity contribution in [3.05, 3.63) is 78.6 Å². The van der Waals surface area contributed by atoms with Crippen molar-refractivity contribution in [1.29, 1.82) is 0 Å². The number of aromatic nitrogens is 3. The van der Waals surface area contributed by atoms with Crippen LogP contribution >= 0.6 is 0 Å². The fourth-order valence-corrected chi connectivity index (χ4v) is 3.64. The molecule has 5 rings (SSSR count). The number of rotatable bonds is 5. The van der Waals surface area contributed by atoms with Crippen molar-refractivity contribution in [1.82, 2.24) is 14.5 Å². The van der Waals surface area contributed by atoms with Crippen LogP contribution < -0.4 is 10.2 Å². The highest BCUT2D eigenvalue weighted by atomic mass is 16.5. The van der Waals surface area contributed by atoms with Crippen molar-refractivity contribution < 1.29 is 4.74 Å². The number of fused-ring (bicyclic) bond motifs is 1. The normalized spacial score (nSPS) is 14.3. The highest BCUT2D eigenvalue weighted by Gasteiger charge is 2.11. The van der Waals surface area contributed by atoms with Crippen molar-refractivity contribution in [3.63, 3.8) is 0 Å². The van der Waals surface area contributed by atoms with Crippen LogP contribution in [0.4, 0.5) is 17.3 Å². The van der Waals surface area contributed by atoms with Gasteiger partial charge in [-0.3, -0.25) is 0 Å². The SMILES string of the molecule is c1ccc(Cn2ccc3cnc(Nc4ccc(N5CCOCC5)cc4)nc32)cc1. The summed E-state index contributed by atoms with van der Waals surface area (Å²) in [5.41, 5.74) is 4.36. The van der Waals surface area contributed by atoms with Crippen LogP contribution in [0, 0.1) is 0 Å². The summed E-state index contributed by atoms with van der Waals surface area (Å²) in [6.45, 7) is 4.23. The molecule has 2 aromatic carbocycles. The Morgan fingerprint density at radius 2 is 1.72 bits per heavy atom. The molecule has 0 atom stereocenters. The van der Waals surface area contributed by atoms with Crippen LogP contribution in [0.2, 0.25) is 0 Å². The van der Waals surface area contributed by atoms with Gasteiger partial charge >= 0.3 is 0 Å². The van der Waals surface area contributed by atoms with Gasteiger partial charge < -0.3 is 19.5 Å². The molecule has 1 aliphatic heterocycles. The summed E-state index contributed by atoms with van der Waals surface area (Å²) in [6.07, 6.45) is 3.93. The van der Waals surface area contributed by atoms with Gasteiger partial charge in [0.05, 0.1) is 13.2 Å². The van der Waals surface area contributed by atoms with E-state index in [2.05, 4.69) is 80.6 Å². The predicted octanol–water partition coefficient (Wildman–Crippen LogP) is 4.06. The minimum Gasteiger partial charge on any atom is -0.378 e. The van der Waals surface area contributed by atoms with E-state index in [-0.39, 0.29) is 0 Å². The number of ether oxygens (including phenoxy) is 1. The molecular weight excluding hydrogens is 362 g/mol. The lowest BCUT2D eigenvalue weighted by Crippen LogP contribution is -2.36. The van der Waals surface area contributed by atoms with Crippen LogP contribution in [-0.2, 0) is 11.3 Å². The Hall–Kier alpha value is -3.38. The molecule has 0 radical (unpaired) electrons. The van der Waals surface area contributed by atoms with Gasteiger partial charge in [-0.15, -0.1) is 0 Å². The molecule has 0 amide bonds. The van der Waals surface area contributed by atoms with Gasteiger partial charge in [-0.05, 0) is 35.9 Å². The van der Waals surface area contributed by atoms with Crippen molar-refractivity contribution in [2.45, 2.75) is 6.54 Å². The summed E-state index contributed by atoms with van der Waals surface area (Å²) in [6, 6.07) is 20.9. The van der Waals surface area contributed by atoms with Crippen molar-refractivity contribution >= 4 is 28.4 Å². The van der Waals surface area contributed by atoms with E-state index in [0.29, 0.717) is 5.95 Å². The summed E-state index contributed by atoms with van der Waals surface area (Å²) >= 11 is 0. The van der Waals surface area contributed by atoms with Crippen LogP contribution in [0.25, 0.3) is 11.0 Å².